The smallest absolute Gasteiger partial charge is 0.151 e. The lowest BCUT2D eigenvalue weighted by Gasteiger charge is -2.19. The number of para-hydroxylation sites is 1. The van der Waals surface area contributed by atoms with Gasteiger partial charge in [-0.15, -0.1) is 0 Å². The molecule has 1 heterocycles. The molecule has 102 valence electrons. The molecular weight excluding hydrogens is 241 g/mol. The van der Waals surface area contributed by atoms with Gasteiger partial charge in [-0.2, -0.15) is 0 Å². The van der Waals surface area contributed by atoms with Crippen molar-refractivity contribution in [3.63, 3.8) is 0 Å². The third-order valence-corrected chi connectivity index (χ3v) is 4.17. The number of nitrogens with zero attached hydrogens (tertiary/aromatic N) is 2. The Hall–Kier alpha value is -1.42. The first-order valence-corrected chi connectivity index (χ1v) is 7.05. The summed E-state index contributed by atoms with van der Waals surface area (Å²) in [6, 6.07) is 5.48. The molecule has 0 aliphatic heterocycles. The first-order valence-electron chi connectivity index (χ1n) is 7.05. The van der Waals surface area contributed by atoms with Gasteiger partial charge in [0, 0.05) is 6.04 Å². The molecule has 2 N–H and O–H groups in total. The standard InChI is InChI=1S/C15H20FN3/c1-3-9(2)13(17)15-18-14-11(16)5-4-6-12(14)19(15)10-7-8-10/h4-6,9-10,13H,3,7-8,17H2,1-2H3. The number of imidazole rings is 1. The van der Waals surface area contributed by atoms with Gasteiger partial charge in [-0.3, -0.25) is 0 Å². The average molecular weight is 261 g/mol. The predicted octanol–water partition coefficient (Wildman–Crippen LogP) is 3.56. The Bertz CT molecular complexity index is 601. The van der Waals surface area contributed by atoms with E-state index in [1.807, 2.05) is 6.07 Å². The van der Waals surface area contributed by atoms with E-state index in [-0.39, 0.29) is 11.9 Å². The number of hydrogen-bond acceptors (Lipinski definition) is 2. The molecule has 1 aliphatic rings. The van der Waals surface area contributed by atoms with Crippen LogP contribution in [0.5, 0.6) is 0 Å². The van der Waals surface area contributed by atoms with Crippen molar-refractivity contribution in [1.29, 1.82) is 0 Å². The molecule has 0 bridgehead atoms. The van der Waals surface area contributed by atoms with Gasteiger partial charge in [0.1, 0.15) is 11.3 Å². The van der Waals surface area contributed by atoms with Crippen molar-refractivity contribution in [2.75, 3.05) is 0 Å². The molecule has 2 unspecified atom stereocenters. The second kappa shape index (κ2) is 4.60. The van der Waals surface area contributed by atoms with Crippen LogP contribution >= 0.6 is 0 Å². The van der Waals surface area contributed by atoms with Gasteiger partial charge in [-0.1, -0.05) is 26.3 Å². The summed E-state index contributed by atoms with van der Waals surface area (Å²) in [5.74, 6) is 0.934. The molecule has 0 saturated heterocycles. The van der Waals surface area contributed by atoms with Gasteiger partial charge >= 0.3 is 0 Å². The zero-order chi connectivity index (χ0) is 13.6. The van der Waals surface area contributed by atoms with Gasteiger partial charge < -0.3 is 10.3 Å². The van der Waals surface area contributed by atoms with Crippen LogP contribution < -0.4 is 5.73 Å². The molecular formula is C15H20FN3. The SMILES string of the molecule is CCC(C)C(N)c1nc2c(F)cccc2n1C1CC1. The van der Waals surface area contributed by atoms with Gasteiger partial charge in [-0.25, -0.2) is 9.37 Å². The fourth-order valence-electron chi connectivity index (χ4n) is 2.56. The molecule has 2 aromatic rings. The largest absolute Gasteiger partial charge is 0.323 e. The van der Waals surface area contributed by atoms with E-state index in [1.165, 1.54) is 6.07 Å². The maximum absolute atomic E-state index is 13.9. The highest BCUT2D eigenvalue weighted by atomic mass is 19.1. The number of nitrogens with two attached hydrogens (primary N) is 1. The van der Waals surface area contributed by atoms with Crippen LogP contribution in [0.3, 0.4) is 0 Å². The summed E-state index contributed by atoms with van der Waals surface area (Å²) in [4.78, 5) is 4.51. The van der Waals surface area contributed by atoms with Crippen molar-refractivity contribution in [2.45, 2.75) is 45.2 Å². The highest BCUT2D eigenvalue weighted by Crippen LogP contribution is 2.41. The third-order valence-electron chi connectivity index (χ3n) is 4.17. The van der Waals surface area contributed by atoms with E-state index >= 15 is 0 Å². The van der Waals surface area contributed by atoms with E-state index in [2.05, 4.69) is 23.4 Å². The van der Waals surface area contributed by atoms with Crippen LogP contribution in [-0.2, 0) is 0 Å². The molecule has 0 radical (unpaired) electrons. The normalized spacial score (nSPS) is 18.7. The fourth-order valence-corrected chi connectivity index (χ4v) is 2.56. The minimum atomic E-state index is -0.255. The Balaban J connectivity index is 2.17. The van der Waals surface area contributed by atoms with Crippen LogP contribution in [-0.4, -0.2) is 9.55 Å². The quantitative estimate of drug-likeness (QED) is 0.914. The summed E-state index contributed by atoms with van der Waals surface area (Å²) >= 11 is 0. The van der Waals surface area contributed by atoms with Crippen LogP contribution in [0.15, 0.2) is 18.2 Å². The van der Waals surface area contributed by atoms with Crippen molar-refractivity contribution in [3.8, 4) is 0 Å². The van der Waals surface area contributed by atoms with E-state index in [4.69, 9.17) is 5.73 Å². The van der Waals surface area contributed by atoms with E-state index in [9.17, 15) is 4.39 Å². The van der Waals surface area contributed by atoms with Crippen LogP contribution in [0.2, 0.25) is 0 Å². The molecule has 3 rings (SSSR count). The number of benzene rings is 1. The highest BCUT2D eigenvalue weighted by molar-refractivity contribution is 5.77. The zero-order valence-electron chi connectivity index (χ0n) is 11.4. The molecule has 1 fully saturated rings. The Morgan fingerprint density at radius 2 is 2.21 bits per heavy atom. The van der Waals surface area contributed by atoms with E-state index < -0.39 is 0 Å². The number of fused-ring (bicyclic) bond motifs is 1. The van der Waals surface area contributed by atoms with Crippen molar-refractivity contribution in [3.05, 3.63) is 29.8 Å². The summed E-state index contributed by atoms with van der Waals surface area (Å²) in [5.41, 5.74) is 7.67. The zero-order valence-corrected chi connectivity index (χ0v) is 11.4. The van der Waals surface area contributed by atoms with Gasteiger partial charge in [0.2, 0.25) is 0 Å². The number of rotatable bonds is 4. The fraction of sp³-hybridized carbons (Fsp3) is 0.533. The molecule has 19 heavy (non-hydrogen) atoms. The highest BCUT2D eigenvalue weighted by Gasteiger charge is 2.31. The second-order valence-corrected chi connectivity index (χ2v) is 5.59. The molecule has 0 amide bonds. The number of hydrogen-bond donors (Lipinski definition) is 1. The molecule has 2 atom stereocenters. The summed E-state index contributed by atoms with van der Waals surface area (Å²) in [7, 11) is 0. The molecule has 1 aromatic heterocycles. The Morgan fingerprint density at radius 3 is 2.84 bits per heavy atom. The summed E-state index contributed by atoms with van der Waals surface area (Å²) in [6.45, 7) is 4.24. The van der Waals surface area contributed by atoms with Crippen molar-refractivity contribution in [1.82, 2.24) is 9.55 Å². The molecule has 3 nitrogen and oxygen atoms in total. The summed E-state index contributed by atoms with van der Waals surface area (Å²) < 4.78 is 16.1. The molecule has 1 aromatic carbocycles. The number of halogens is 1. The third kappa shape index (κ3) is 2.04. The van der Waals surface area contributed by atoms with E-state index in [0.717, 1.165) is 30.6 Å². The number of aromatic nitrogens is 2. The first-order chi connectivity index (χ1) is 9.13. The lowest BCUT2D eigenvalue weighted by molar-refractivity contribution is 0.425. The van der Waals surface area contributed by atoms with Crippen molar-refractivity contribution in [2.24, 2.45) is 11.7 Å². The molecule has 1 saturated carbocycles. The summed E-state index contributed by atoms with van der Waals surface area (Å²) in [6.07, 6.45) is 3.28. The van der Waals surface area contributed by atoms with Gasteiger partial charge in [0.05, 0.1) is 11.6 Å². The molecule has 0 spiro atoms. The molecule has 1 aliphatic carbocycles. The van der Waals surface area contributed by atoms with E-state index in [1.54, 1.807) is 6.07 Å². The Morgan fingerprint density at radius 1 is 1.47 bits per heavy atom. The van der Waals surface area contributed by atoms with Crippen molar-refractivity contribution < 1.29 is 4.39 Å². The second-order valence-electron chi connectivity index (χ2n) is 5.59. The first kappa shape index (κ1) is 12.6. The Labute approximate surface area is 112 Å². The van der Waals surface area contributed by atoms with Crippen LogP contribution in [0.4, 0.5) is 4.39 Å². The maximum Gasteiger partial charge on any atom is 0.151 e. The van der Waals surface area contributed by atoms with Crippen LogP contribution in [0.25, 0.3) is 11.0 Å². The lowest BCUT2D eigenvalue weighted by Crippen LogP contribution is -2.22. The molecule has 4 heteroatoms. The summed E-state index contributed by atoms with van der Waals surface area (Å²) in [5, 5.41) is 0. The van der Waals surface area contributed by atoms with Crippen LogP contribution in [0.1, 0.15) is 51.0 Å². The lowest BCUT2D eigenvalue weighted by atomic mass is 9.99. The minimum Gasteiger partial charge on any atom is -0.323 e. The minimum absolute atomic E-state index is 0.127. The van der Waals surface area contributed by atoms with Crippen LogP contribution in [0, 0.1) is 11.7 Å². The van der Waals surface area contributed by atoms with Gasteiger partial charge in [0.25, 0.3) is 0 Å². The van der Waals surface area contributed by atoms with Crippen molar-refractivity contribution >= 4 is 11.0 Å². The van der Waals surface area contributed by atoms with Gasteiger partial charge in [-0.05, 0) is 30.9 Å². The average Bonchev–Trinajstić information content (AvgIpc) is 3.17. The van der Waals surface area contributed by atoms with E-state index in [0.29, 0.717) is 17.5 Å². The monoisotopic (exact) mass is 261 g/mol. The predicted molar refractivity (Wildman–Crippen MR) is 74.3 cm³/mol. The Kier molecular flexibility index (Phi) is 3.05. The van der Waals surface area contributed by atoms with Gasteiger partial charge in [0.15, 0.2) is 5.82 Å². The topological polar surface area (TPSA) is 43.8 Å². The maximum atomic E-state index is 13.9.